The molecule has 0 spiro atoms. The standard InChI is InChI=1S/C19H18N2O5/c1-11(19(23)25-3)26-15-9-8-12(10-16(15)24-2)17-20-14-7-5-4-6-13(14)18(22)21-17/h4-11H,1-3H3,(H,20,21,22). The third-order valence-corrected chi connectivity index (χ3v) is 3.89. The molecule has 0 fully saturated rings. The van der Waals surface area contributed by atoms with Crippen LogP contribution < -0.4 is 15.0 Å². The Balaban J connectivity index is 1.99. The van der Waals surface area contributed by atoms with Crippen LogP contribution in [0.2, 0.25) is 0 Å². The van der Waals surface area contributed by atoms with E-state index in [0.717, 1.165) is 0 Å². The van der Waals surface area contributed by atoms with Gasteiger partial charge in [0.2, 0.25) is 0 Å². The number of rotatable bonds is 5. The number of fused-ring (bicyclic) bond motifs is 1. The van der Waals surface area contributed by atoms with Crippen molar-refractivity contribution in [3.8, 4) is 22.9 Å². The van der Waals surface area contributed by atoms with Crippen molar-refractivity contribution in [2.24, 2.45) is 0 Å². The first kappa shape index (κ1) is 17.5. The second kappa shape index (κ2) is 7.26. The lowest BCUT2D eigenvalue weighted by molar-refractivity contribution is -0.147. The normalized spacial score (nSPS) is 11.8. The highest BCUT2D eigenvalue weighted by Crippen LogP contribution is 2.32. The summed E-state index contributed by atoms with van der Waals surface area (Å²) in [6.07, 6.45) is -0.779. The largest absolute Gasteiger partial charge is 0.493 e. The molecule has 0 amide bonds. The highest BCUT2D eigenvalue weighted by atomic mass is 16.6. The van der Waals surface area contributed by atoms with E-state index in [1.807, 2.05) is 6.07 Å². The van der Waals surface area contributed by atoms with Gasteiger partial charge in [-0.1, -0.05) is 12.1 Å². The number of aromatic amines is 1. The average molecular weight is 354 g/mol. The first-order chi connectivity index (χ1) is 12.5. The molecule has 0 saturated heterocycles. The highest BCUT2D eigenvalue weighted by Gasteiger charge is 2.18. The summed E-state index contributed by atoms with van der Waals surface area (Å²) >= 11 is 0. The summed E-state index contributed by atoms with van der Waals surface area (Å²) < 4.78 is 15.6. The van der Waals surface area contributed by atoms with E-state index in [1.54, 1.807) is 43.3 Å². The fourth-order valence-corrected chi connectivity index (χ4v) is 2.54. The number of nitrogens with one attached hydrogen (secondary N) is 1. The first-order valence-electron chi connectivity index (χ1n) is 7.95. The molecule has 1 unspecified atom stereocenters. The summed E-state index contributed by atoms with van der Waals surface area (Å²) in [5.74, 6) is 0.725. The fraction of sp³-hybridized carbons (Fsp3) is 0.211. The molecule has 134 valence electrons. The van der Waals surface area contributed by atoms with Gasteiger partial charge in [-0.2, -0.15) is 0 Å². The number of nitrogens with zero attached hydrogens (tertiary/aromatic N) is 1. The molecule has 3 aromatic rings. The zero-order chi connectivity index (χ0) is 18.7. The number of para-hydroxylation sites is 1. The molecule has 1 atom stereocenters. The monoisotopic (exact) mass is 354 g/mol. The van der Waals surface area contributed by atoms with E-state index >= 15 is 0 Å². The van der Waals surface area contributed by atoms with Crippen molar-refractivity contribution in [2.75, 3.05) is 14.2 Å². The van der Waals surface area contributed by atoms with E-state index in [4.69, 9.17) is 9.47 Å². The fourth-order valence-electron chi connectivity index (χ4n) is 2.54. The maximum absolute atomic E-state index is 12.2. The molecule has 1 aromatic heterocycles. The number of carbonyl (C=O) groups is 1. The molecule has 7 nitrogen and oxygen atoms in total. The molecule has 1 heterocycles. The van der Waals surface area contributed by atoms with Gasteiger partial charge in [0.1, 0.15) is 5.82 Å². The summed E-state index contributed by atoms with van der Waals surface area (Å²) in [7, 11) is 2.79. The first-order valence-corrected chi connectivity index (χ1v) is 7.95. The van der Waals surface area contributed by atoms with Crippen LogP contribution in [0.5, 0.6) is 11.5 Å². The van der Waals surface area contributed by atoms with Crippen LogP contribution in [-0.2, 0) is 9.53 Å². The Morgan fingerprint density at radius 2 is 1.88 bits per heavy atom. The molecular formula is C19H18N2O5. The van der Waals surface area contributed by atoms with Crippen molar-refractivity contribution in [2.45, 2.75) is 13.0 Å². The average Bonchev–Trinajstić information content (AvgIpc) is 2.67. The topological polar surface area (TPSA) is 90.5 Å². The number of hydrogen-bond donors (Lipinski definition) is 1. The highest BCUT2D eigenvalue weighted by molar-refractivity contribution is 5.79. The summed E-state index contributed by atoms with van der Waals surface area (Å²) in [6, 6.07) is 12.2. The van der Waals surface area contributed by atoms with Gasteiger partial charge in [-0.3, -0.25) is 4.79 Å². The Hall–Kier alpha value is -3.35. The SMILES string of the molecule is COC(=O)C(C)Oc1ccc(-c2nc3ccccc3c(=O)[nH]2)cc1OC. The molecule has 1 N–H and O–H groups in total. The van der Waals surface area contributed by atoms with Crippen LogP contribution in [0.1, 0.15) is 6.92 Å². The zero-order valence-electron chi connectivity index (χ0n) is 14.6. The van der Waals surface area contributed by atoms with Crippen molar-refractivity contribution in [3.05, 3.63) is 52.8 Å². The molecule has 26 heavy (non-hydrogen) atoms. The molecule has 0 aliphatic carbocycles. The quantitative estimate of drug-likeness (QED) is 0.708. The minimum absolute atomic E-state index is 0.218. The van der Waals surface area contributed by atoms with Crippen LogP contribution in [0.15, 0.2) is 47.3 Å². The summed E-state index contributed by atoms with van der Waals surface area (Å²) in [4.78, 5) is 31.0. The van der Waals surface area contributed by atoms with Crippen LogP contribution >= 0.6 is 0 Å². The van der Waals surface area contributed by atoms with E-state index < -0.39 is 12.1 Å². The van der Waals surface area contributed by atoms with Gasteiger partial charge in [0.25, 0.3) is 5.56 Å². The molecule has 0 saturated carbocycles. The number of methoxy groups -OCH3 is 2. The van der Waals surface area contributed by atoms with Gasteiger partial charge < -0.3 is 19.2 Å². The number of carbonyl (C=O) groups excluding carboxylic acids is 1. The second-order valence-corrected chi connectivity index (χ2v) is 5.58. The maximum atomic E-state index is 12.2. The molecule has 0 radical (unpaired) electrons. The Kier molecular flexibility index (Phi) is 4.88. The second-order valence-electron chi connectivity index (χ2n) is 5.58. The maximum Gasteiger partial charge on any atom is 0.346 e. The molecule has 0 bridgehead atoms. The van der Waals surface area contributed by atoms with Gasteiger partial charge in [-0.25, -0.2) is 9.78 Å². The van der Waals surface area contributed by atoms with Gasteiger partial charge in [-0.15, -0.1) is 0 Å². The molecule has 0 aliphatic heterocycles. The van der Waals surface area contributed by atoms with Crippen molar-refractivity contribution in [3.63, 3.8) is 0 Å². The number of hydrogen-bond acceptors (Lipinski definition) is 6. The van der Waals surface area contributed by atoms with Crippen molar-refractivity contribution in [1.29, 1.82) is 0 Å². The summed E-state index contributed by atoms with van der Waals surface area (Å²) in [5.41, 5.74) is 1.04. The van der Waals surface area contributed by atoms with Gasteiger partial charge in [0.15, 0.2) is 17.6 Å². The van der Waals surface area contributed by atoms with E-state index in [-0.39, 0.29) is 5.56 Å². The predicted molar refractivity (Wildman–Crippen MR) is 96.5 cm³/mol. The van der Waals surface area contributed by atoms with Gasteiger partial charge >= 0.3 is 5.97 Å². The number of esters is 1. The van der Waals surface area contributed by atoms with Crippen LogP contribution in [0.3, 0.4) is 0 Å². The van der Waals surface area contributed by atoms with Gasteiger partial charge in [0.05, 0.1) is 25.1 Å². The molecule has 7 heteroatoms. The minimum atomic E-state index is -0.779. The van der Waals surface area contributed by atoms with Crippen LogP contribution in [-0.4, -0.2) is 36.3 Å². The van der Waals surface area contributed by atoms with E-state index in [9.17, 15) is 9.59 Å². The molecule has 0 aliphatic rings. The van der Waals surface area contributed by atoms with Gasteiger partial charge in [-0.05, 0) is 37.3 Å². The van der Waals surface area contributed by atoms with E-state index in [0.29, 0.717) is 33.8 Å². The lowest BCUT2D eigenvalue weighted by atomic mass is 10.1. The Labute approximate surface area is 149 Å². The van der Waals surface area contributed by atoms with E-state index in [1.165, 1.54) is 14.2 Å². The number of H-pyrrole nitrogens is 1. The minimum Gasteiger partial charge on any atom is -0.493 e. The van der Waals surface area contributed by atoms with Crippen LogP contribution in [0.4, 0.5) is 0 Å². The number of aromatic nitrogens is 2. The lowest BCUT2D eigenvalue weighted by Crippen LogP contribution is -2.25. The van der Waals surface area contributed by atoms with Crippen molar-refractivity contribution in [1.82, 2.24) is 9.97 Å². The van der Waals surface area contributed by atoms with Crippen LogP contribution in [0, 0.1) is 0 Å². The Morgan fingerprint density at radius 1 is 1.12 bits per heavy atom. The lowest BCUT2D eigenvalue weighted by Gasteiger charge is -2.15. The van der Waals surface area contributed by atoms with Crippen LogP contribution in [0.25, 0.3) is 22.3 Å². The third-order valence-electron chi connectivity index (χ3n) is 3.89. The predicted octanol–water partition coefficient (Wildman–Crippen LogP) is 2.54. The smallest absolute Gasteiger partial charge is 0.346 e. The number of benzene rings is 2. The van der Waals surface area contributed by atoms with Gasteiger partial charge in [0, 0.05) is 5.56 Å². The molecule has 3 rings (SSSR count). The zero-order valence-corrected chi connectivity index (χ0v) is 14.6. The molecular weight excluding hydrogens is 336 g/mol. The Bertz CT molecular complexity index is 1010. The summed E-state index contributed by atoms with van der Waals surface area (Å²) in [5, 5.41) is 0.523. The van der Waals surface area contributed by atoms with Crippen molar-refractivity contribution >= 4 is 16.9 Å². The third kappa shape index (κ3) is 3.37. The number of ether oxygens (including phenoxy) is 3. The van der Waals surface area contributed by atoms with E-state index in [2.05, 4.69) is 14.7 Å². The van der Waals surface area contributed by atoms with Crippen molar-refractivity contribution < 1.29 is 19.0 Å². The molecule has 2 aromatic carbocycles. The summed E-state index contributed by atoms with van der Waals surface area (Å²) in [6.45, 7) is 1.58. The Morgan fingerprint density at radius 3 is 2.62 bits per heavy atom.